The second kappa shape index (κ2) is 6.14. The van der Waals surface area contributed by atoms with Gasteiger partial charge in [-0.15, -0.1) is 0 Å². The number of methoxy groups -OCH3 is 1. The van der Waals surface area contributed by atoms with Crippen molar-refractivity contribution in [3.05, 3.63) is 17.5 Å². The van der Waals surface area contributed by atoms with Crippen molar-refractivity contribution in [2.24, 2.45) is 0 Å². The Kier molecular flexibility index (Phi) is 4.53. The quantitative estimate of drug-likeness (QED) is 0.802. The Bertz CT molecular complexity index is 340. The van der Waals surface area contributed by atoms with E-state index >= 15 is 0 Å². The summed E-state index contributed by atoms with van der Waals surface area (Å²) in [5, 5.41) is 7.27. The third kappa shape index (κ3) is 3.52. The highest BCUT2D eigenvalue weighted by Gasteiger charge is 2.22. The van der Waals surface area contributed by atoms with Gasteiger partial charge in [0.25, 0.3) is 0 Å². The van der Waals surface area contributed by atoms with E-state index in [9.17, 15) is 0 Å². The molecule has 0 bridgehead atoms. The Labute approximate surface area is 102 Å². The molecule has 1 aliphatic heterocycles. The van der Waals surface area contributed by atoms with E-state index < -0.39 is 0 Å². The van der Waals surface area contributed by atoms with Crippen LogP contribution in [0.5, 0.6) is 0 Å². The van der Waals surface area contributed by atoms with Crippen molar-refractivity contribution in [3.8, 4) is 0 Å². The first kappa shape index (κ1) is 12.5. The van der Waals surface area contributed by atoms with Gasteiger partial charge in [-0.3, -0.25) is 4.90 Å². The van der Waals surface area contributed by atoms with E-state index in [1.165, 1.54) is 0 Å². The fourth-order valence-corrected chi connectivity index (χ4v) is 2.12. The van der Waals surface area contributed by atoms with Crippen LogP contribution in [0.2, 0.25) is 0 Å². The van der Waals surface area contributed by atoms with Gasteiger partial charge in [0.2, 0.25) is 0 Å². The highest BCUT2D eigenvalue weighted by Crippen LogP contribution is 2.15. The molecule has 0 amide bonds. The molecule has 1 unspecified atom stereocenters. The first-order chi connectivity index (χ1) is 8.31. The number of nitrogens with one attached hydrogen (secondary N) is 1. The van der Waals surface area contributed by atoms with E-state index in [4.69, 9.17) is 9.26 Å². The van der Waals surface area contributed by atoms with Gasteiger partial charge in [-0.25, -0.2) is 0 Å². The highest BCUT2D eigenvalue weighted by atomic mass is 16.5. The number of ether oxygens (including phenoxy) is 1. The average molecular weight is 239 g/mol. The highest BCUT2D eigenvalue weighted by molar-refractivity contribution is 5.05. The zero-order valence-electron chi connectivity index (χ0n) is 10.6. The molecule has 1 N–H and O–H groups in total. The summed E-state index contributed by atoms with van der Waals surface area (Å²) in [5.41, 5.74) is 0.976. The molecule has 1 aromatic heterocycles. The molecule has 5 heteroatoms. The summed E-state index contributed by atoms with van der Waals surface area (Å²) in [6.07, 6.45) is 1.48. The second-order valence-electron chi connectivity index (χ2n) is 4.45. The molecular formula is C12H21N3O2. The molecule has 0 saturated carbocycles. The van der Waals surface area contributed by atoms with Gasteiger partial charge in [0.1, 0.15) is 0 Å². The van der Waals surface area contributed by atoms with Gasteiger partial charge in [0, 0.05) is 32.8 Å². The van der Waals surface area contributed by atoms with E-state index in [0.717, 1.165) is 50.6 Å². The predicted molar refractivity (Wildman–Crippen MR) is 64.6 cm³/mol. The third-order valence-corrected chi connectivity index (χ3v) is 3.11. The topological polar surface area (TPSA) is 50.5 Å². The second-order valence-corrected chi connectivity index (χ2v) is 4.45. The minimum Gasteiger partial charge on any atom is -0.380 e. The van der Waals surface area contributed by atoms with Crippen LogP contribution in [-0.2, 0) is 17.8 Å². The van der Waals surface area contributed by atoms with Crippen LogP contribution in [0.1, 0.15) is 24.8 Å². The summed E-state index contributed by atoms with van der Waals surface area (Å²) in [4.78, 5) is 2.34. The summed E-state index contributed by atoms with van der Waals surface area (Å²) >= 11 is 0. The Morgan fingerprint density at radius 1 is 1.65 bits per heavy atom. The predicted octanol–water partition coefficient (Wildman–Crippen LogP) is 1.00. The molecule has 0 aliphatic carbocycles. The minimum absolute atomic E-state index is 0.374. The van der Waals surface area contributed by atoms with Crippen LogP contribution in [0.3, 0.4) is 0 Å². The number of hydrogen-bond acceptors (Lipinski definition) is 5. The van der Waals surface area contributed by atoms with Crippen LogP contribution in [0, 0.1) is 0 Å². The van der Waals surface area contributed by atoms with Crippen LogP contribution in [0.25, 0.3) is 0 Å². The summed E-state index contributed by atoms with van der Waals surface area (Å²) in [6, 6.07) is 2.03. The van der Waals surface area contributed by atoms with Crippen LogP contribution in [0.15, 0.2) is 10.6 Å². The van der Waals surface area contributed by atoms with Crippen LogP contribution >= 0.6 is 0 Å². The lowest BCUT2D eigenvalue weighted by Crippen LogP contribution is -2.22. The Morgan fingerprint density at radius 2 is 2.53 bits per heavy atom. The number of likely N-dealkylation sites (tertiary alicyclic amines) is 1. The Hall–Kier alpha value is -0.910. The van der Waals surface area contributed by atoms with Gasteiger partial charge in [0.05, 0.1) is 18.3 Å². The van der Waals surface area contributed by atoms with Gasteiger partial charge >= 0.3 is 0 Å². The molecular weight excluding hydrogens is 218 g/mol. The largest absolute Gasteiger partial charge is 0.380 e. The Morgan fingerprint density at radius 3 is 3.24 bits per heavy atom. The molecule has 96 valence electrons. The lowest BCUT2D eigenvalue weighted by molar-refractivity contribution is 0.106. The molecule has 1 aromatic rings. The third-order valence-electron chi connectivity index (χ3n) is 3.11. The molecule has 17 heavy (non-hydrogen) atoms. The minimum atomic E-state index is 0.374. The maximum absolute atomic E-state index is 5.34. The van der Waals surface area contributed by atoms with Crippen LogP contribution in [-0.4, -0.2) is 42.9 Å². The number of nitrogens with zero attached hydrogens (tertiary/aromatic N) is 2. The number of rotatable bonds is 6. The summed E-state index contributed by atoms with van der Waals surface area (Å²) < 4.78 is 10.7. The molecule has 0 aromatic carbocycles. The molecule has 2 rings (SSSR count). The fourth-order valence-electron chi connectivity index (χ4n) is 2.12. The maximum Gasteiger partial charge on any atom is 0.151 e. The van der Waals surface area contributed by atoms with Crippen molar-refractivity contribution in [2.45, 2.75) is 32.5 Å². The van der Waals surface area contributed by atoms with E-state index in [0.29, 0.717) is 6.10 Å². The van der Waals surface area contributed by atoms with Gasteiger partial charge < -0.3 is 14.6 Å². The summed E-state index contributed by atoms with van der Waals surface area (Å²) in [6.45, 7) is 6.70. The molecule has 1 saturated heterocycles. The molecule has 1 atom stereocenters. The normalized spacial score (nSPS) is 21.2. The fraction of sp³-hybridized carbons (Fsp3) is 0.750. The van der Waals surface area contributed by atoms with Crippen molar-refractivity contribution in [1.29, 1.82) is 0 Å². The van der Waals surface area contributed by atoms with E-state index in [1.807, 2.05) is 6.07 Å². The SMILES string of the molecule is CCNCc1cc(CN2CCC(OC)C2)on1. The van der Waals surface area contributed by atoms with Crippen molar-refractivity contribution in [1.82, 2.24) is 15.4 Å². The summed E-state index contributed by atoms with van der Waals surface area (Å²) in [7, 11) is 1.77. The zero-order chi connectivity index (χ0) is 12.1. The van der Waals surface area contributed by atoms with Crippen LogP contribution < -0.4 is 5.32 Å². The maximum atomic E-state index is 5.34. The molecule has 0 radical (unpaired) electrons. The molecule has 0 spiro atoms. The monoisotopic (exact) mass is 239 g/mol. The van der Waals surface area contributed by atoms with E-state index in [-0.39, 0.29) is 0 Å². The van der Waals surface area contributed by atoms with Crippen molar-refractivity contribution in [3.63, 3.8) is 0 Å². The summed E-state index contributed by atoms with van der Waals surface area (Å²) in [5.74, 6) is 0.939. The van der Waals surface area contributed by atoms with Crippen molar-refractivity contribution >= 4 is 0 Å². The lowest BCUT2D eigenvalue weighted by Gasteiger charge is -2.12. The number of aromatic nitrogens is 1. The standard InChI is InChI=1S/C12H21N3O2/c1-3-13-7-10-6-12(17-14-10)9-15-5-4-11(8-15)16-2/h6,11,13H,3-5,7-9H2,1-2H3. The van der Waals surface area contributed by atoms with Crippen molar-refractivity contribution in [2.75, 3.05) is 26.7 Å². The van der Waals surface area contributed by atoms with Gasteiger partial charge in [-0.05, 0) is 13.0 Å². The average Bonchev–Trinajstić information content (AvgIpc) is 2.96. The smallest absolute Gasteiger partial charge is 0.151 e. The molecule has 1 aliphatic rings. The van der Waals surface area contributed by atoms with Gasteiger partial charge in [0.15, 0.2) is 5.76 Å². The van der Waals surface area contributed by atoms with Crippen molar-refractivity contribution < 1.29 is 9.26 Å². The first-order valence-corrected chi connectivity index (χ1v) is 6.22. The zero-order valence-corrected chi connectivity index (χ0v) is 10.6. The van der Waals surface area contributed by atoms with Gasteiger partial charge in [-0.2, -0.15) is 0 Å². The van der Waals surface area contributed by atoms with E-state index in [2.05, 4.69) is 22.3 Å². The van der Waals surface area contributed by atoms with Crippen LogP contribution in [0.4, 0.5) is 0 Å². The van der Waals surface area contributed by atoms with E-state index in [1.54, 1.807) is 7.11 Å². The molecule has 2 heterocycles. The molecule has 5 nitrogen and oxygen atoms in total. The number of hydrogen-bond donors (Lipinski definition) is 1. The first-order valence-electron chi connectivity index (χ1n) is 6.22. The van der Waals surface area contributed by atoms with Gasteiger partial charge in [-0.1, -0.05) is 12.1 Å². The Balaban J connectivity index is 1.80. The molecule has 1 fully saturated rings. The lowest BCUT2D eigenvalue weighted by atomic mass is 10.3.